The number of hydrogen-bond donors (Lipinski definition) is 3. The van der Waals surface area contributed by atoms with Gasteiger partial charge in [0, 0.05) is 54.0 Å². The van der Waals surface area contributed by atoms with Gasteiger partial charge in [-0.2, -0.15) is 0 Å². The molecule has 5 heterocycles. The van der Waals surface area contributed by atoms with Crippen LogP contribution >= 0.6 is 11.3 Å². The van der Waals surface area contributed by atoms with Gasteiger partial charge in [-0.1, -0.05) is 30.0 Å². The van der Waals surface area contributed by atoms with Gasteiger partial charge in [-0.3, -0.25) is 0 Å². The van der Waals surface area contributed by atoms with Crippen molar-refractivity contribution in [3.63, 3.8) is 0 Å². The van der Waals surface area contributed by atoms with Gasteiger partial charge in [0.05, 0.1) is 13.2 Å². The number of allylic oxidation sites excluding steroid dienone is 1. The molecule has 6 rings (SSSR count). The van der Waals surface area contributed by atoms with Gasteiger partial charge in [0.1, 0.15) is 15.4 Å². The molecule has 9 heteroatoms. The third-order valence-corrected chi connectivity index (χ3v) is 6.91. The molecule has 1 unspecified atom stereocenters. The molecule has 2 fully saturated rings. The predicted molar refractivity (Wildman–Crippen MR) is 134 cm³/mol. The standard InChI is InChI=1S/C18H18N6OS.C6H11N/c19-10-14-21-15-17(24-6-8-25-9-7-24)22-16(23-18(15)26-14)12-2-1-3-13-11(12)4-5-20-13;1-5-3-4-6(2)7-5/h1-5,20H,6-10,19H2;6-7H,1,3-4H2,2H3. The summed E-state index contributed by atoms with van der Waals surface area (Å²) < 4.78 is 5.49. The molecule has 3 aromatic heterocycles. The Morgan fingerprint density at radius 3 is 2.76 bits per heavy atom. The van der Waals surface area contributed by atoms with Crippen molar-refractivity contribution >= 4 is 38.4 Å². The maximum absolute atomic E-state index is 5.81. The van der Waals surface area contributed by atoms with E-state index in [2.05, 4.69) is 51.9 Å². The number of anilines is 1. The first-order valence-electron chi connectivity index (χ1n) is 11.3. The van der Waals surface area contributed by atoms with Gasteiger partial charge in [0.25, 0.3) is 0 Å². The van der Waals surface area contributed by atoms with Crippen LogP contribution in [0, 0.1) is 0 Å². The zero-order valence-corrected chi connectivity index (χ0v) is 19.6. The van der Waals surface area contributed by atoms with Gasteiger partial charge in [-0.25, -0.2) is 15.0 Å². The van der Waals surface area contributed by atoms with E-state index in [1.54, 1.807) is 0 Å². The minimum Gasteiger partial charge on any atom is -0.386 e. The van der Waals surface area contributed by atoms with Crippen LogP contribution in [0.25, 0.3) is 32.6 Å². The largest absolute Gasteiger partial charge is 0.386 e. The van der Waals surface area contributed by atoms with Crippen molar-refractivity contribution in [1.82, 2.24) is 25.3 Å². The highest BCUT2D eigenvalue weighted by atomic mass is 32.1. The van der Waals surface area contributed by atoms with E-state index in [9.17, 15) is 0 Å². The fraction of sp³-hybridized carbons (Fsp3) is 0.375. The van der Waals surface area contributed by atoms with Crippen LogP contribution in [0.5, 0.6) is 0 Å². The second-order valence-corrected chi connectivity index (χ2v) is 9.43. The molecular weight excluding hydrogens is 434 g/mol. The predicted octanol–water partition coefficient (Wildman–Crippen LogP) is 3.80. The number of ether oxygens (including phenoxy) is 1. The van der Waals surface area contributed by atoms with E-state index >= 15 is 0 Å². The Labute approximate surface area is 196 Å². The number of aromatic amines is 1. The third kappa shape index (κ3) is 4.57. The summed E-state index contributed by atoms with van der Waals surface area (Å²) in [6.07, 6.45) is 4.37. The minimum atomic E-state index is 0.409. The van der Waals surface area contributed by atoms with Crippen molar-refractivity contribution in [2.75, 3.05) is 31.2 Å². The summed E-state index contributed by atoms with van der Waals surface area (Å²) in [7, 11) is 0. The number of hydrogen-bond acceptors (Lipinski definition) is 8. The van der Waals surface area contributed by atoms with Crippen molar-refractivity contribution in [3.8, 4) is 11.4 Å². The Morgan fingerprint density at radius 2 is 2.06 bits per heavy atom. The van der Waals surface area contributed by atoms with E-state index in [0.29, 0.717) is 25.8 Å². The molecule has 1 aromatic carbocycles. The Bertz CT molecular complexity index is 1270. The van der Waals surface area contributed by atoms with E-state index < -0.39 is 0 Å². The van der Waals surface area contributed by atoms with Crippen LogP contribution in [-0.2, 0) is 11.3 Å². The monoisotopic (exact) mass is 463 g/mol. The van der Waals surface area contributed by atoms with Gasteiger partial charge in [-0.05, 0) is 31.9 Å². The second kappa shape index (κ2) is 9.46. The molecule has 0 spiro atoms. The molecule has 4 N–H and O–H groups in total. The lowest BCUT2D eigenvalue weighted by Crippen LogP contribution is -2.37. The maximum atomic E-state index is 5.81. The summed E-state index contributed by atoms with van der Waals surface area (Å²) in [5.74, 6) is 1.59. The van der Waals surface area contributed by atoms with Gasteiger partial charge < -0.3 is 25.7 Å². The second-order valence-electron chi connectivity index (χ2n) is 8.37. The van der Waals surface area contributed by atoms with Crippen LogP contribution in [-0.4, -0.2) is 52.3 Å². The molecule has 33 heavy (non-hydrogen) atoms. The molecular formula is C24H29N7OS. The average Bonchev–Trinajstić information content (AvgIpc) is 3.58. The van der Waals surface area contributed by atoms with Gasteiger partial charge in [0.15, 0.2) is 11.6 Å². The molecule has 0 saturated carbocycles. The van der Waals surface area contributed by atoms with E-state index in [0.717, 1.165) is 56.6 Å². The molecule has 2 aliphatic rings. The average molecular weight is 464 g/mol. The highest BCUT2D eigenvalue weighted by Crippen LogP contribution is 2.33. The number of thiazole rings is 1. The summed E-state index contributed by atoms with van der Waals surface area (Å²) in [6.45, 7) is 9.38. The van der Waals surface area contributed by atoms with Crippen LogP contribution in [0.1, 0.15) is 24.8 Å². The number of rotatable bonds is 3. The molecule has 2 saturated heterocycles. The Kier molecular flexibility index (Phi) is 6.26. The molecule has 0 aliphatic carbocycles. The Morgan fingerprint density at radius 1 is 1.21 bits per heavy atom. The van der Waals surface area contributed by atoms with Crippen molar-refractivity contribution < 1.29 is 4.74 Å². The van der Waals surface area contributed by atoms with Gasteiger partial charge in [-0.15, -0.1) is 0 Å². The number of aromatic nitrogens is 4. The highest BCUT2D eigenvalue weighted by Gasteiger charge is 2.21. The van der Waals surface area contributed by atoms with Crippen molar-refractivity contribution in [2.45, 2.75) is 32.4 Å². The van der Waals surface area contributed by atoms with Crippen molar-refractivity contribution in [2.24, 2.45) is 5.73 Å². The van der Waals surface area contributed by atoms with Gasteiger partial charge in [0.2, 0.25) is 0 Å². The first-order chi connectivity index (χ1) is 16.1. The minimum absolute atomic E-state index is 0.409. The van der Waals surface area contributed by atoms with E-state index in [4.69, 9.17) is 20.4 Å². The lowest BCUT2D eigenvalue weighted by molar-refractivity contribution is 0.122. The highest BCUT2D eigenvalue weighted by molar-refractivity contribution is 7.18. The first-order valence-corrected chi connectivity index (χ1v) is 12.1. The summed E-state index contributed by atoms with van der Waals surface area (Å²) in [5.41, 5.74) is 9.94. The molecule has 4 aromatic rings. The Hall–Kier alpha value is -3.01. The molecule has 1 atom stereocenters. The fourth-order valence-electron chi connectivity index (χ4n) is 4.22. The molecule has 2 aliphatic heterocycles. The first kappa shape index (κ1) is 21.8. The number of fused-ring (bicyclic) bond motifs is 2. The van der Waals surface area contributed by atoms with Crippen molar-refractivity contribution in [3.05, 3.63) is 47.7 Å². The SMILES string of the molecule is C=C1CCC(C)N1.NCc1nc2c(N3CCOCC3)nc(-c3cccc4[nH]ccc34)nc2s1. The molecule has 8 nitrogen and oxygen atoms in total. The van der Waals surface area contributed by atoms with Crippen LogP contribution in [0.3, 0.4) is 0 Å². The number of benzene rings is 1. The summed E-state index contributed by atoms with van der Waals surface area (Å²) in [5, 5.41) is 5.21. The van der Waals surface area contributed by atoms with E-state index in [-0.39, 0.29) is 0 Å². The van der Waals surface area contributed by atoms with Crippen LogP contribution in [0.4, 0.5) is 5.82 Å². The number of nitrogens with two attached hydrogens (primary N) is 1. The molecule has 0 radical (unpaired) electrons. The van der Waals surface area contributed by atoms with Crippen LogP contribution < -0.4 is 16.0 Å². The smallest absolute Gasteiger partial charge is 0.163 e. The zero-order valence-electron chi connectivity index (χ0n) is 18.8. The quantitative estimate of drug-likeness (QED) is 0.424. The zero-order chi connectivity index (χ0) is 22.8. The molecule has 172 valence electrons. The Balaban J connectivity index is 0.000000281. The van der Waals surface area contributed by atoms with Gasteiger partial charge >= 0.3 is 0 Å². The molecule has 0 bridgehead atoms. The normalized spacial score (nSPS) is 18.4. The van der Waals surface area contributed by atoms with E-state index in [1.807, 2.05) is 12.3 Å². The lowest BCUT2D eigenvalue weighted by Gasteiger charge is -2.28. The topological polar surface area (TPSA) is 105 Å². The van der Waals surface area contributed by atoms with Crippen molar-refractivity contribution in [1.29, 1.82) is 0 Å². The van der Waals surface area contributed by atoms with Crippen LogP contribution in [0.2, 0.25) is 0 Å². The summed E-state index contributed by atoms with van der Waals surface area (Å²) >= 11 is 1.54. The third-order valence-electron chi connectivity index (χ3n) is 5.94. The number of morpholine rings is 1. The summed E-state index contributed by atoms with van der Waals surface area (Å²) in [6, 6.07) is 8.87. The lowest BCUT2D eigenvalue weighted by atomic mass is 10.1. The number of nitrogens with one attached hydrogen (secondary N) is 2. The number of H-pyrrole nitrogens is 1. The van der Waals surface area contributed by atoms with E-state index in [1.165, 1.54) is 29.9 Å². The fourth-order valence-corrected chi connectivity index (χ4v) is 5.03. The number of nitrogens with zero attached hydrogens (tertiary/aromatic N) is 4. The summed E-state index contributed by atoms with van der Waals surface area (Å²) in [4.78, 5) is 20.8. The van der Waals surface area contributed by atoms with Crippen LogP contribution in [0.15, 0.2) is 42.7 Å². The maximum Gasteiger partial charge on any atom is 0.163 e. The molecule has 0 amide bonds.